The van der Waals surface area contributed by atoms with Crippen molar-refractivity contribution < 1.29 is 9.53 Å². The first-order chi connectivity index (χ1) is 7.79. The second kappa shape index (κ2) is 5.60. The maximum atomic E-state index is 10.9. The van der Waals surface area contributed by atoms with Gasteiger partial charge in [0.05, 0.1) is 5.56 Å². The number of carbonyl (C=O) groups is 1. The number of carbonyl (C=O) groups excluding carboxylic acids is 1. The van der Waals surface area contributed by atoms with E-state index in [9.17, 15) is 4.79 Å². The molecule has 1 saturated heterocycles. The summed E-state index contributed by atoms with van der Waals surface area (Å²) in [4.78, 5) is 10.9. The number of benzene rings is 1. The summed E-state index contributed by atoms with van der Waals surface area (Å²) in [5.41, 5.74) is 0.533. The molecular weight excluding hydrogens is 244 g/mol. The quantitative estimate of drug-likeness (QED) is 0.775. The molecule has 0 unspecified atom stereocenters. The molecule has 2 nitrogen and oxygen atoms in total. The lowest BCUT2D eigenvalue weighted by Gasteiger charge is -2.23. The van der Waals surface area contributed by atoms with E-state index in [1.807, 2.05) is 11.8 Å². The van der Waals surface area contributed by atoms with Gasteiger partial charge in [0, 0.05) is 5.02 Å². The SMILES string of the molecule is O=Cc1cc(Cl)ccc1OC1CCSCC1. The molecular formula is C12H13ClO2S. The molecule has 0 saturated carbocycles. The predicted molar refractivity (Wildman–Crippen MR) is 67.8 cm³/mol. The molecule has 1 aromatic rings. The maximum Gasteiger partial charge on any atom is 0.153 e. The maximum absolute atomic E-state index is 10.9. The van der Waals surface area contributed by atoms with Crippen molar-refractivity contribution in [1.29, 1.82) is 0 Å². The molecule has 0 bridgehead atoms. The summed E-state index contributed by atoms with van der Waals surface area (Å²) in [5.74, 6) is 2.92. The van der Waals surface area contributed by atoms with Crippen molar-refractivity contribution in [3.05, 3.63) is 28.8 Å². The van der Waals surface area contributed by atoms with Crippen LogP contribution in [0.15, 0.2) is 18.2 Å². The van der Waals surface area contributed by atoms with Crippen LogP contribution in [0, 0.1) is 0 Å². The number of hydrogen-bond donors (Lipinski definition) is 0. The van der Waals surface area contributed by atoms with Crippen LogP contribution >= 0.6 is 23.4 Å². The van der Waals surface area contributed by atoms with Crippen LogP contribution in [-0.4, -0.2) is 23.9 Å². The third kappa shape index (κ3) is 2.92. The average molecular weight is 257 g/mol. The van der Waals surface area contributed by atoms with Gasteiger partial charge >= 0.3 is 0 Å². The molecule has 2 rings (SSSR count). The van der Waals surface area contributed by atoms with Gasteiger partial charge in [0.25, 0.3) is 0 Å². The van der Waals surface area contributed by atoms with Crippen LogP contribution in [0.3, 0.4) is 0 Å². The van der Waals surface area contributed by atoms with Gasteiger partial charge in [-0.1, -0.05) is 11.6 Å². The fraction of sp³-hybridized carbons (Fsp3) is 0.417. The fourth-order valence-electron chi connectivity index (χ4n) is 1.69. The highest BCUT2D eigenvalue weighted by atomic mass is 35.5. The molecule has 1 heterocycles. The number of hydrogen-bond acceptors (Lipinski definition) is 3. The molecule has 1 aliphatic heterocycles. The van der Waals surface area contributed by atoms with Crippen molar-refractivity contribution in [1.82, 2.24) is 0 Å². The molecule has 1 aliphatic rings. The van der Waals surface area contributed by atoms with E-state index in [0.29, 0.717) is 16.3 Å². The summed E-state index contributed by atoms with van der Waals surface area (Å²) < 4.78 is 5.83. The molecule has 86 valence electrons. The van der Waals surface area contributed by atoms with E-state index in [-0.39, 0.29) is 6.10 Å². The standard InChI is InChI=1S/C12H13ClO2S/c13-10-1-2-12(9(7-10)8-14)15-11-3-5-16-6-4-11/h1-2,7-8,11H,3-6H2. The summed E-state index contributed by atoms with van der Waals surface area (Å²) in [5, 5.41) is 0.564. The third-order valence-electron chi connectivity index (χ3n) is 2.56. The monoisotopic (exact) mass is 256 g/mol. The van der Waals surface area contributed by atoms with Crippen molar-refractivity contribution in [2.45, 2.75) is 18.9 Å². The fourth-order valence-corrected chi connectivity index (χ4v) is 2.94. The van der Waals surface area contributed by atoms with Crippen molar-refractivity contribution >= 4 is 29.6 Å². The molecule has 0 N–H and O–H groups in total. The van der Waals surface area contributed by atoms with Gasteiger partial charge in [-0.3, -0.25) is 4.79 Å². The highest BCUT2D eigenvalue weighted by Gasteiger charge is 2.16. The molecule has 0 aliphatic carbocycles. The van der Waals surface area contributed by atoms with E-state index in [4.69, 9.17) is 16.3 Å². The van der Waals surface area contributed by atoms with E-state index in [1.165, 1.54) is 0 Å². The smallest absolute Gasteiger partial charge is 0.153 e. The first kappa shape index (κ1) is 11.8. The van der Waals surface area contributed by atoms with Crippen LogP contribution in [0.2, 0.25) is 5.02 Å². The summed E-state index contributed by atoms with van der Waals surface area (Å²) in [6, 6.07) is 5.16. The van der Waals surface area contributed by atoms with Crippen LogP contribution < -0.4 is 4.74 Å². The summed E-state index contributed by atoms with van der Waals surface area (Å²) in [7, 11) is 0. The van der Waals surface area contributed by atoms with Crippen LogP contribution in [0.25, 0.3) is 0 Å². The number of ether oxygens (including phenoxy) is 1. The van der Waals surface area contributed by atoms with E-state index in [2.05, 4.69) is 0 Å². The Labute approximate surface area is 104 Å². The van der Waals surface area contributed by atoms with Gasteiger partial charge in [-0.05, 0) is 42.5 Å². The number of halogens is 1. The number of thioether (sulfide) groups is 1. The number of rotatable bonds is 3. The van der Waals surface area contributed by atoms with Crippen molar-refractivity contribution in [2.24, 2.45) is 0 Å². The van der Waals surface area contributed by atoms with Gasteiger partial charge in [0.2, 0.25) is 0 Å². The Hall–Kier alpha value is -0.670. The zero-order valence-corrected chi connectivity index (χ0v) is 10.4. The normalized spacial score (nSPS) is 17.1. The Morgan fingerprint density at radius 2 is 2.12 bits per heavy atom. The van der Waals surface area contributed by atoms with Crippen molar-refractivity contribution in [2.75, 3.05) is 11.5 Å². The van der Waals surface area contributed by atoms with Crippen LogP contribution in [0.4, 0.5) is 0 Å². The average Bonchev–Trinajstić information content (AvgIpc) is 2.33. The van der Waals surface area contributed by atoms with E-state index in [0.717, 1.165) is 30.6 Å². The molecule has 16 heavy (non-hydrogen) atoms. The second-order valence-electron chi connectivity index (χ2n) is 3.73. The van der Waals surface area contributed by atoms with E-state index < -0.39 is 0 Å². The van der Waals surface area contributed by atoms with Crippen LogP contribution in [0.5, 0.6) is 5.75 Å². The first-order valence-corrected chi connectivity index (χ1v) is 6.82. The summed E-state index contributed by atoms with van der Waals surface area (Å²) >= 11 is 7.77. The van der Waals surface area contributed by atoms with Gasteiger partial charge in [-0.15, -0.1) is 0 Å². The minimum absolute atomic E-state index is 0.237. The minimum atomic E-state index is 0.237. The second-order valence-corrected chi connectivity index (χ2v) is 5.39. The molecule has 1 aromatic carbocycles. The topological polar surface area (TPSA) is 26.3 Å². The third-order valence-corrected chi connectivity index (χ3v) is 3.84. The Balaban J connectivity index is 2.10. The van der Waals surface area contributed by atoms with Crippen molar-refractivity contribution in [3.63, 3.8) is 0 Å². The van der Waals surface area contributed by atoms with E-state index >= 15 is 0 Å². The first-order valence-electron chi connectivity index (χ1n) is 5.29. The summed E-state index contributed by atoms with van der Waals surface area (Å²) in [6.07, 6.45) is 3.12. The van der Waals surface area contributed by atoms with Gasteiger partial charge in [0.15, 0.2) is 6.29 Å². The zero-order valence-electron chi connectivity index (χ0n) is 8.82. The van der Waals surface area contributed by atoms with Gasteiger partial charge in [0.1, 0.15) is 11.9 Å². The molecule has 4 heteroatoms. The van der Waals surface area contributed by atoms with Crippen LogP contribution in [0.1, 0.15) is 23.2 Å². The molecule has 1 fully saturated rings. The molecule has 0 amide bonds. The Morgan fingerprint density at radius 1 is 1.38 bits per heavy atom. The lowest BCUT2D eigenvalue weighted by Crippen LogP contribution is -2.22. The lowest BCUT2D eigenvalue weighted by atomic mass is 10.2. The Kier molecular flexibility index (Phi) is 4.13. The highest BCUT2D eigenvalue weighted by Crippen LogP contribution is 2.26. The highest BCUT2D eigenvalue weighted by molar-refractivity contribution is 7.99. The number of aldehydes is 1. The van der Waals surface area contributed by atoms with Gasteiger partial charge < -0.3 is 4.74 Å². The largest absolute Gasteiger partial charge is 0.490 e. The minimum Gasteiger partial charge on any atom is -0.490 e. The molecule has 0 atom stereocenters. The molecule has 0 aromatic heterocycles. The molecule has 0 radical (unpaired) electrons. The van der Waals surface area contributed by atoms with Crippen molar-refractivity contribution in [3.8, 4) is 5.75 Å². The van der Waals surface area contributed by atoms with E-state index in [1.54, 1.807) is 18.2 Å². The molecule has 0 spiro atoms. The predicted octanol–water partition coefficient (Wildman–Crippen LogP) is 3.43. The Morgan fingerprint density at radius 3 is 2.81 bits per heavy atom. The Bertz CT molecular complexity index is 375. The van der Waals surface area contributed by atoms with Gasteiger partial charge in [-0.25, -0.2) is 0 Å². The van der Waals surface area contributed by atoms with Crippen LogP contribution in [-0.2, 0) is 0 Å². The summed E-state index contributed by atoms with van der Waals surface area (Å²) in [6.45, 7) is 0. The van der Waals surface area contributed by atoms with Gasteiger partial charge in [-0.2, -0.15) is 11.8 Å². The zero-order chi connectivity index (χ0) is 11.4. The lowest BCUT2D eigenvalue weighted by molar-refractivity contribution is 0.111.